The van der Waals surface area contributed by atoms with Gasteiger partial charge in [0.1, 0.15) is 0 Å². The van der Waals surface area contributed by atoms with Crippen LogP contribution in [0.1, 0.15) is 25.7 Å². The van der Waals surface area contributed by atoms with Crippen molar-refractivity contribution in [1.82, 2.24) is 10.6 Å². The first-order valence-electron chi connectivity index (χ1n) is 7.60. The minimum absolute atomic E-state index is 0. The molecule has 124 valence electrons. The Labute approximate surface area is 137 Å². The molecule has 22 heavy (non-hydrogen) atoms. The Morgan fingerprint density at radius 2 is 2.23 bits per heavy atom. The topological polar surface area (TPSA) is 50.4 Å². The lowest BCUT2D eigenvalue weighted by molar-refractivity contribution is -0.121. The molecule has 1 unspecified atom stereocenters. The summed E-state index contributed by atoms with van der Waals surface area (Å²) in [4.78, 5) is 11.7. The summed E-state index contributed by atoms with van der Waals surface area (Å²) in [6, 6.07) is 6.21. The monoisotopic (exact) mass is 330 g/mol. The molecule has 6 heteroatoms. The van der Waals surface area contributed by atoms with E-state index in [4.69, 9.17) is 4.74 Å². The summed E-state index contributed by atoms with van der Waals surface area (Å²) in [7, 11) is 0. The Morgan fingerprint density at radius 3 is 2.95 bits per heavy atom. The molecule has 1 atom stereocenters. The average Bonchev–Trinajstić information content (AvgIpc) is 2.50. The van der Waals surface area contributed by atoms with Crippen molar-refractivity contribution in [2.45, 2.75) is 25.7 Å². The molecule has 1 aromatic rings. The van der Waals surface area contributed by atoms with Crippen molar-refractivity contribution in [3.05, 3.63) is 30.1 Å². The molecule has 1 fully saturated rings. The number of rotatable bonds is 7. The number of halogens is 2. The Kier molecular flexibility index (Phi) is 8.85. The fourth-order valence-electron chi connectivity index (χ4n) is 2.49. The Morgan fingerprint density at radius 1 is 1.41 bits per heavy atom. The number of amides is 1. The van der Waals surface area contributed by atoms with Gasteiger partial charge in [0.05, 0.1) is 13.0 Å². The number of hydrogen-bond donors (Lipinski definition) is 2. The summed E-state index contributed by atoms with van der Waals surface area (Å²) in [6.45, 7) is 3.05. The smallest absolute Gasteiger partial charge is 0.223 e. The average molecular weight is 331 g/mol. The third kappa shape index (κ3) is 6.62. The normalized spacial score (nSPS) is 17.4. The number of nitrogens with one attached hydrogen (secondary N) is 2. The quantitative estimate of drug-likeness (QED) is 0.807. The molecule has 4 nitrogen and oxygen atoms in total. The van der Waals surface area contributed by atoms with Gasteiger partial charge in [-0.25, -0.2) is 4.39 Å². The summed E-state index contributed by atoms with van der Waals surface area (Å²) in [5.74, 6) is 0.408. The lowest BCUT2D eigenvalue weighted by Gasteiger charge is -2.22. The van der Waals surface area contributed by atoms with Crippen LogP contribution in [0.5, 0.6) is 5.75 Å². The van der Waals surface area contributed by atoms with E-state index in [1.54, 1.807) is 18.2 Å². The van der Waals surface area contributed by atoms with E-state index in [0.717, 1.165) is 19.5 Å². The summed E-state index contributed by atoms with van der Waals surface area (Å²) >= 11 is 0. The lowest BCUT2D eigenvalue weighted by atomic mass is 9.96. The predicted molar refractivity (Wildman–Crippen MR) is 87.0 cm³/mol. The van der Waals surface area contributed by atoms with Crippen LogP contribution in [-0.4, -0.2) is 32.1 Å². The van der Waals surface area contributed by atoms with Gasteiger partial charge in [-0.05, 0) is 50.4 Å². The second-order valence-electron chi connectivity index (χ2n) is 5.38. The van der Waals surface area contributed by atoms with Crippen LogP contribution in [0.2, 0.25) is 0 Å². The van der Waals surface area contributed by atoms with Gasteiger partial charge in [-0.15, -0.1) is 12.4 Å². The highest BCUT2D eigenvalue weighted by molar-refractivity contribution is 5.85. The van der Waals surface area contributed by atoms with E-state index < -0.39 is 5.82 Å². The number of piperidine rings is 1. The molecular weight excluding hydrogens is 307 g/mol. The molecule has 0 radical (unpaired) electrons. The minimum Gasteiger partial charge on any atom is -0.490 e. The molecule has 0 bridgehead atoms. The van der Waals surface area contributed by atoms with Crippen LogP contribution in [0, 0.1) is 11.7 Å². The fraction of sp³-hybridized carbons (Fsp3) is 0.562. The van der Waals surface area contributed by atoms with E-state index in [-0.39, 0.29) is 37.1 Å². The second kappa shape index (κ2) is 10.4. The first-order chi connectivity index (χ1) is 10.3. The van der Waals surface area contributed by atoms with Crippen molar-refractivity contribution >= 4 is 18.3 Å². The van der Waals surface area contributed by atoms with Gasteiger partial charge in [0.15, 0.2) is 11.6 Å². The molecule has 1 aliphatic rings. The second-order valence-corrected chi connectivity index (χ2v) is 5.38. The van der Waals surface area contributed by atoms with E-state index in [0.29, 0.717) is 12.5 Å². The molecule has 1 amide bonds. The first kappa shape index (κ1) is 18.7. The molecule has 0 aromatic heterocycles. The maximum atomic E-state index is 13.3. The van der Waals surface area contributed by atoms with Crippen molar-refractivity contribution in [2.24, 2.45) is 5.92 Å². The Balaban J connectivity index is 0.00000242. The molecule has 2 rings (SSSR count). The van der Waals surface area contributed by atoms with Crippen LogP contribution in [0.3, 0.4) is 0 Å². The zero-order chi connectivity index (χ0) is 14.9. The Bertz CT molecular complexity index is 454. The van der Waals surface area contributed by atoms with E-state index in [1.165, 1.54) is 18.9 Å². The highest BCUT2D eigenvalue weighted by Gasteiger charge is 2.12. The minimum atomic E-state index is -0.400. The van der Waals surface area contributed by atoms with Crippen molar-refractivity contribution in [3.8, 4) is 5.75 Å². The van der Waals surface area contributed by atoms with Crippen LogP contribution in [-0.2, 0) is 4.79 Å². The highest BCUT2D eigenvalue weighted by Crippen LogP contribution is 2.15. The molecule has 0 spiro atoms. The summed E-state index contributed by atoms with van der Waals surface area (Å²) in [6.07, 6.45) is 3.71. The summed E-state index contributed by atoms with van der Waals surface area (Å²) in [5, 5.41) is 6.25. The zero-order valence-corrected chi connectivity index (χ0v) is 13.5. The van der Waals surface area contributed by atoms with E-state index in [1.807, 2.05) is 0 Å². The molecular formula is C16H24ClFN2O2. The standard InChI is InChI=1S/C16H23FN2O2.ClH/c17-14-5-1-2-6-15(14)21-11-8-16(20)19-10-7-13-4-3-9-18-12-13;/h1-2,5-6,13,18H,3-4,7-12H2,(H,19,20);1H. The maximum absolute atomic E-state index is 13.3. The highest BCUT2D eigenvalue weighted by atomic mass is 35.5. The van der Waals surface area contributed by atoms with E-state index in [9.17, 15) is 9.18 Å². The van der Waals surface area contributed by atoms with Gasteiger partial charge >= 0.3 is 0 Å². The maximum Gasteiger partial charge on any atom is 0.223 e. The van der Waals surface area contributed by atoms with Crippen LogP contribution >= 0.6 is 12.4 Å². The SMILES string of the molecule is Cl.O=C(CCOc1ccccc1F)NCCC1CCCNC1. The van der Waals surface area contributed by atoms with Gasteiger partial charge in [-0.3, -0.25) is 4.79 Å². The zero-order valence-electron chi connectivity index (χ0n) is 12.6. The fourth-order valence-corrected chi connectivity index (χ4v) is 2.49. The van der Waals surface area contributed by atoms with Crippen molar-refractivity contribution in [3.63, 3.8) is 0 Å². The van der Waals surface area contributed by atoms with Gasteiger partial charge in [0.2, 0.25) is 5.91 Å². The molecule has 1 aromatic carbocycles. The molecule has 1 aliphatic heterocycles. The number of hydrogen-bond acceptors (Lipinski definition) is 3. The largest absolute Gasteiger partial charge is 0.490 e. The molecule has 1 heterocycles. The van der Waals surface area contributed by atoms with Crippen LogP contribution in [0.4, 0.5) is 4.39 Å². The molecule has 0 saturated carbocycles. The van der Waals surface area contributed by atoms with Crippen LogP contribution < -0.4 is 15.4 Å². The number of ether oxygens (including phenoxy) is 1. The number of benzene rings is 1. The van der Waals surface area contributed by atoms with Gasteiger partial charge in [-0.1, -0.05) is 12.1 Å². The third-order valence-electron chi connectivity index (χ3n) is 3.70. The van der Waals surface area contributed by atoms with Gasteiger partial charge in [-0.2, -0.15) is 0 Å². The van der Waals surface area contributed by atoms with Gasteiger partial charge < -0.3 is 15.4 Å². The van der Waals surface area contributed by atoms with E-state index >= 15 is 0 Å². The van der Waals surface area contributed by atoms with Gasteiger partial charge in [0.25, 0.3) is 0 Å². The van der Waals surface area contributed by atoms with Crippen LogP contribution in [0.25, 0.3) is 0 Å². The van der Waals surface area contributed by atoms with Gasteiger partial charge in [0, 0.05) is 6.54 Å². The van der Waals surface area contributed by atoms with E-state index in [2.05, 4.69) is 10.6 Å². The summed E-state index contributed by atoms with van der Waals surface area (Å²) in [5.41, 5.74) is 0. The molecule has 2 N–H and O–H groups in total. The number of para-hydroxylation sites is 1. The predicted octanol–water partition coefficient (Wildman–Crippen LogP) is 2.52. The summed E-state index contributed by atoms with van der Waals surface area (Å²) < 4.78 is 18.5. The van der Waals surface area contributed by atoms with Crippen molar-refractivity contribution < 1.29 is 13.9 Å². The third-order valence-corrected chi connectivity index (χ3v) is 3.70. The van der Waals surface area contributed by atoms with Crippen molar-refractivity contribution in [2.75, 3.05) is 26.2 Å². The van der Waals surface area contributed by atoms with Crippen molar-refractivity contribution in [1.29, 1.82) is 0 Å². The lowest BCUT2D eigenvalue weighted by Crippen LogP contribution is -2.33. The molecule has 1 saturated heterocycles. The molecule has 0 aliphatic carbocycles. The first-order valence-corrected chi connectivity index (χ1v) is 7.60. The number of carbonyl (C=O) groups is 1. The Hall–Kier alpha value is -1.33. The number of carbonyl (C=O) groups excluding carboxylic acids is 1. The van der Waals surface area contributed by atoms with Crippen LogP contribution in [0.15, 0.2) is 24.3 Å².